The highest BCUT2D eigenvalue weighted by molar-refractivity contribution is 5.93. The maximum absolute atomic E-state index is 12.1. The number of anilines is 1. The van der Waals surface area contributed by atoms with Gasteiger partial charge in [-0.3, -0.25) is 14.3 Å². The molecule has 0 bridgehead atoms. The number of nitrogens with zero attached hydrogens (tertiary/aromatic N) is 2. The Labute approximate surface area is 175 Å². The lowest BCUT2D eigenvalue weighted by Crippen LogP contribution is -2.21. The van der Waals surface area contributed by atoms with E-state index in [-0.39, 0.29) is 13.0 Å². The van der Waals surface area contributed by atoms with Crippen molar-refractivity contribution in [3.05, 3.63) is 71.5 Å². The highest BCUT2D eigenvalue weighted by Crippen LogP contribution is 2.23. The van der Waals surface area contributed by atoms with Gasteiger partial charge in [-0.15, -0.1) is 0 Å². The molecule has 0 unspecified atom stereocenters. The third-order valence-electron chi connectivity index (χ3n) is 4.70. The summed E-state index contributed by atoms with van der Waals surface area (Å²) >= 11 is 0. The van der Waals surface area contributed by atoms with Crippen LogP contribution >= 0.6 is 0 Å². The fourth-order valence-corrected chi connectivity index (χ4v) is 3.08. The van der Waals surface area contributed by atoms with Crippen LogP contribution in [0.3, 0.4) is 0 Å². The molecule has 1 aromatic heterocycles. The van der Waals surface area contributed by atoms with E-state index >= 15 is 0 Å². The second kappa shape index (κ2) is 9.73. The summed E-state index contributed by atoms with van der Waals surface area (Å²) < 4.78 is 12.6. The second-order valence-electron chi connectivity index (χ2n) is 6.92. The summed E-state index contributed by atoms with van der Waals surface area (Å²) in [5, 5.41) is 7.04. The molecule has 2 aromatic carbocycles. The van der Waals surface area contributed by atoms with Crippen molar-refractivity contribution in [2.24, 2.45) is 7.05 Å². The minimum atomic E-state index is -0.422. The molecule has 156 valence electrons. The number of aryl methyl sites for hydroxylation is 2. The molecule has 0 atom stereocenters. The number of hydrogen-bond donors (Lipinski definition) is 1. The summed E-state index contributed by atoms with van der Waals surface area (Å²) in [6, 6.07) is 16.4. The van der Waals surface area contributed by atoms with Gasteiger partial charge in [0.2, 0.25) is 0 Å². The van der Waals surface area contributed by atoms with E-state index in [9.17, 15) is 9.59 Å². The van der Waals surface area contributed by atoms with Crippen LogP contribution in [-0.2, 0) is 27.8 Å². The molecular weight excluding hydrogens is 382 g/mol. The lowest BCUT2D eigenvalue weighted by atomic mass is 10.1. The van der Waals surface area contributed by atoms with Gasteiger partial charge in [0, 0.05) is 30.9 Å². The minimum Gasteiger partial charge on any atom is -0.457 e. The Kier molecular flexibility index (Phi) is 6.85. The van der Waals surface area contributed by atoms with Gasteiger partial charge >= 0.3 is 5.97 Å². The van der Waals surface area contributed by atoms with Crippen molar-refractivity contribution in [1.82, 2.24) is 9.78 Å². The highest BCUT2D eigenvalue weighted by atomic mass is 16.5. The summed E-state index contributed by atoms with van der Waals surface area (Å²) in [7, 11) is 1.87. The van der Waals surface area contributed by atoms with Crippen molar-refractivity contribution in [3.8, 4) is 11.5 Å². The molecule has 0 radical (unpaired) electrons. The van der Waals surface area contributed by atoms with Crippen LogP contribution < -0.4 is 10.1 Å². The van der Waals surface area contributed by atoms with Crippen LogP contribution in [0.2, 0.25) is 0 Å². The number of carbonyl (C=O) groups is 2. The summed E-state index contributed by atoms with van der Waals surface area (Å²) in [5.74, 6) is 0.468. The zero-order chi connectivity index (χ0) is 21.5. The summed E-state index contributed by atoms with van der Waals surface area (Å²) in [5.41, 5.74) is 3.52. The number of nitrogens with one attached hydrogen (secondary N) is 1. The number of rotatable bonds is 8. The standard InChI is InChI=1S/C23H25N3O4/c1-16-21(17(2)26(3)25-16)12-13-23(28)29-15-22(27)24-18-8-7-11-20(14-18)30-19-9-5-4-6-10-19/h4-11,14H,12-13,15H2,1-3H3,(H,24,27). The molecule has 1 amide bonds. The first-order valence-electron chi connectivity index (χ1n) is 9.70. The SMILES string of the molecule is Cc1nn(C)c(C)c1CCC(=O)OCC(=O)Nc1cccc(Oc2ccccc2)c1. The molecule has 7 heteroatoms. The molecule has 0 saturated heterocycles. The molecular formula is C23H25N3O4. The first-order valence-corrected chi connectivity index (χ1v) is 9.70. The van der Waals surface area contributed by atoms with E-state index in [2.05, 4.69) is 10.4 Å². The number of carbonyl (C=O) groups excluding carboxylic acids is 2. The Morgan fingerprint density at radius 1 is 1.03 bits per heavy atom. The van der Waals surface area contributed by atoms with Gasteiger partial charge in [-0.2, -0.15) is 5.10 Å². The van der Waals surface area contributed by atoms with Gasteiger partial charge in [0.1, 0.15) is 11.5 Å². The number of esters is 1. The third-order valence-corrected chi connectivity index (χ3v) is 4.70. The Hall–Kier alpha value is -3.61. The van der Waals surface area contributed by atoms with E-state index in [1.54, 1.807) is 28.9 Å². The molecule has 0 aliphatic carbocycles. The van der Waals surface area contributed by atoms with Crippen LogP contribution in [0.15, 0.2) is 54.6 Å². The molecule has 0 aliphatic rings. The first kappa shape index (κ1) is 21.1. The van der Waals surface area contributed by atoms with Gasteiger partial charge in [0.25, 0.3) is 5.91 Å². The Morgan fingerprint density at radius 2 is 1.77 bits per heavy atom. The van der Waals surface area contributed by atoms with Crippen molar-refractivity contribution in [1.29, 1.82) is 0 Å². The predicted octanol–water partition coefficient (Wildman–Crippen LogP) is 3.94. The van der Waals surface area contributed by atoms with Gasteiger partial charge in [0.15, 0.2) is 6.61 Å². The second-order valence-corrected chi connectivity index (χ2v) is 6.92. The molecule has 0 fully saturated rings. The van der Waals surface area contributed by atoms with Crippen molar-refractivity contribution in [2.45, 2.75) is 26.7 Å². The van der Waals surface area contributed by atoms with Crippen LogP contribution in [0, 0.1) is 13.8 Å². The smallest absolute Gasteiger partial charge is 0.306 e. The monoisotopic (exact) mass is 407 g/mol. The largest absolute Gasteiger partial charge is 0.457 e. The lowest BCUT2D eigenvalue weighted by molar-refractivity contribution is -0.147. The summed E-state index contributed by atoms with van der Waals surface area (Å²) in [6.45, 7) is 3.54. The number of benzene rings is 2. The number of hydrogen-bond acceptors (Lipinski definition) is 5. The molecule has 1 heterocycles. The van der Waals surface area contributed by atoms with E-state index in [0.29, 0.717) is 23.6 Å². The van der Waals surface area contributed by atoms with E-state index in [1.807, 2.05) is 51.2 Å². The van der Waals surface area contributed by atoms with Gasteiger partial charge < -0.3 is 14.8 Å². The van der Waals surface area contributed by atoms with Gasteiger partial charge in [-0.25, -0.2) is 0 Å². The van der Waals surface area contributed by atoms with E-state index < -0.39 is 11.9 Å². The topological polar surface area (TPSA) is 82.5 Å². The number of para-hydroxylation sites is 1. The highest BCUT2D eigenvalue weighted by Gasteiger charge is 2.13. The molecule has 3 rings (SSSR count). The van der Waals surface area contributed by atoms with Crippen molar-refractivity contribution < 1.29 is 19.1 Å². The molecule has 0 aliphatic heterocycles. The average Bonchev–Trinajstić information content (AvgIpc) is 2.97. The maximum atomic E-state index is 12.1. The molecule has 3 aromatic rings. The first-order chi connectivity index (χ1) is 14.4. The Balaban J connectivity index is 1.46. The average molecular weight is 407 g/mol. The number of amides is 1. The number of ether oxygens (including phenoxy) is 2. The van der Waals surface area contributed by atoms with Gasteiger partial charge in [-0.1, -0.05) is 24.3 Å². The fourth-order valence-electron chi connectivity index (χ4n) is 3.08. The Bertz CT molecular complexity index is 1030. The van der Waals surface area contributed by atoms with E-state index in [1.165, 1.54) is 0 Å². The maximum Gasteiger partial charge on any atom is 0.306 e. The predicted molar refractivity (Wildman–Crippen MR) is 114 cm³/mol. The van der Waals surface area contributed by atoms with Crippen molar-refractivity contribution in [2.75, 3.05) is 11.9 Å². The van der Waals surface area contributed by atoms with Crippen molar-refractivity contribution >= 4 is 17.6 Å². The van der Waals surface area contributed by atoms with Gasteiger partial charge in [-0.05, 0) is 50.1 Å². The zero-order valence-corrected chi connectivity index (χ0v) is 17.3. The third kappa shape index (κ3) is 5.70. The molecule has 0 spiro atoms. The summed E-state index contributed by atoms with van der Waals surface area (Å²) in [4.78, 5) is 24.1. The van der Waals surface area contributed by atoms with Crippen LogP contribution in [0.1, 0.15) is 23.4 Å². The van der Waals surface area contributed by atoms with Crippen LogP contribution in [0.4, 0.5) is 5.69 Å². The molecule has 7 nitrogen and oxygen atoms in total. The zero-order valence-electron chi connectivity index (χ0n) is 17.3. The van der Waals surface area contributed by atoms with Crippen molar-refractivity contribution in [3.63, 3.8) is 0 Å². The van der Waals surface area contributed by atoms with Crippen LogP contribution in [-0.4, -0.2) is 28.3 Å². The van der Waals surface area contributed by atoms with E-state index in [4.69, 9.17) is 9.47 Å². The van der Waals surface area contributed by atoms with Crippen LogP contribution in [0.5, 0.6) is 11.5 Å². The quantitative estimate of drug-likeness (QED) is 0.572. The van der Waals surface area contributed by atoms with Gasteiger partial charge in [0.05, 0.1) is 5.69 Å². The van der Waals surface area contributed by atoms with Crippen LogP contribution in [0.25, 0.3) is 0 Å². The molecule has 1 N–H and O–H groups in total. The normalized spacial score (nSPS) is 10.5. The lowest BCUT2D eigenvalue weighted by Gasteiger charge is -2.09. The fraction of sp³-hybridized carbons (Fsp3) is 0.261. The minimum absolute atomic E-state index is 0.195. The number of aromatic nitrogens is 2. The Morgan fingerprint density at radius 3 is 2.47 bits per heavy atom. The summed E-state index contributed by atoms with van der Waals surface area (Å²) in [6.07, 6.45) is 0.728. The van der Waals surface area contributed by atoms with E-state index in [0.717, 1.165) is 17.0 Å². The molecule has 0 saturated carbocycles. The molecule has 30 heavy (non-hydrogen) atoms.